The van der Waals surface area contributed by atoms with E-state index >= 15 is 0 Å². The second-order valence-corrected chi connectivity index (χ2v) is 7.59. The number of rotatable bonds is 13. The molecule has 1 amide bonds. The summed E-state index contributed by atoms with van der Waals surface area (Å²) >= 11 is 0. The van der Waals surface area contributed by atoms with Crippen molar-refractivity contribution >= 4 is 11.6 Å². The van der Waals surface area contributed by atoms with Gasteiger partial charge < -0.3 is 9.84 Å². The van der Waals surface area contributed by atoms with Crippen LogP contribution in [0.3, 0.4) is 0 Å². The van der Waals surface area contributed by atoms with Crippen molar-refractivity contribution in [2.45, 2.75) is 84.1 Å². The molecule has 1 heterocycles. The van der Waals surface area contributed by atoms with Crippen LogP contribution in [0, 0.1) is 0 Å². The molecule has 1 aromatic rings. The van der Waals surface area contributed by atoms with Crippen LogP contribution >= 0.6 is 0 Å². The summed E-state index contributed by atoms with van der Waals surface area (Å²) in [4.78, 5) is 12.2. The van der Waals surface area contributed by atoms with Crippen molar-refractivity contribution in [1.82, 2.24) is 5.43 Å². The number of carbonyl (C=O) groups excluding carboxylic acids is 1. The SMILES string of the molecule is CCCCCCCCCCCCOc1ccc(N2NC(C)/C(=C/[O-])C2=O)cc1.[K+]. The Kier molecular flexibility index (Phi) is 14.2. The quantitative estimate of drug-likeness (QED) is 0.225. The molecule has 0 bridgehead atoms. The van der Waals surface area contributed by atoms with Crippen LogP contribution in [0.4, 0.5) is 5.69 Å². The number of unbranched alkanes of at least 4 members (excludes halogenated alkanes) is 9. The summed E-state index contributed by atoms with van der Waals surface area (Å²) in [7, 11) is 0. The molecule has 0 radical (unpaired) electrons. The number of ether oxygens (including phenoxy) is 1. The standard InChI is InChI=1S/C23H36N2O3.K/c1-3-4-5-6-7-8-9-10-11-12-17-28-21-15-13-20(14-16-21)25-23(27)22(18-26)19(2)24-25;/h13-16,18-19,24,26H,3-12,17H2,1-2H3;/q;+1/p-1/b22-18-;. The monoisotopic (exact) mass is 426 g/mol. The molecule has 156 valence electrons. The minimum absolute atomic E-state index is 0. The molecule has 1 fully saturated rings. The zero-order valence-electron chi connectivity index (χ0n) is 18.4. The molecule has 0 spiro atoms. The molecule has 29 heavy (non-hydrogen) atoms. The number of nitrogens with one attached hydrogen (secondary N) is 1. The first-order chi connectivity index (χ1) is 13.7. The van der Waals surface area contributed by atoms with Gasteiger partial charge in [0.1, 0.15) is 5.75 Å². The molecule has 0 saturated carbocycles. The number of hydrazine groups is 1. The van der Waals surface area contributed by atoms with E-state index in [1.54, 1.807) is 6.92 Å². The van der Waals surface area contributed by atoms with Gasteiger partial charge in [0.05, 0.1) is 18.3 Å². The van der Waals surface area contributed by atoms with Crippen LogP contribution in [0.2, 0.25) is 0 Å². The normalized spacial score (nSPS) is 17.6. The molecule has 1 N–H and O–H groups in total. The van der Waals surface area contributed by atoms with Gasteiger partial charge in [0.15, 0.2) is 0 Å². The number of amides is 1. The summed E-state index contributed by atoms with van der Waals surface area (Å²) < 4.78 is 5.80. The van der Waals surface area contributed by atoms with Crippen molar-refractivity contribution < 1.29 is 66.0 Å². The van der Waals surface area contributed by atoms with E-state index in [2.05, 4.69) is 12.3 Å². The fourth-order valence-electron chi connectivity index (χ4n) is 3.45. The molecule has 1 atom stereocenters. The maximum atomic E-state index is 12.2. The van der Waals surface area contributed by atoms with E-state index in [9.17, 15) is 9.90 Å². The number of benzene rings is 1. The Morgan fingerprint density at radius 2 is 1.55 bits per heavy atom. The fraction of sp³-hybridized carbons (Fsp3) is 0.609. The molecule has 1 aromatic carbocycles. The van der Waals surface area contributed by atoms with Crippen molar-refractivity contribution in [2.24, 2.45) is 0 Å². The van der Waals surface area contributed by atoms with Crippen LogP contribution in [-0.2, 0) is 4.79 Å². The van der Waals surface area contributed by atoms with Crippen LogP contribution < -0.4 is 71.7 Å². The summed E-state index contributed by atoms with van der Waals surface area (Å²) in [5.41, 5.74) is 3.97. The van der Waals surface area contributed by atoms with Gasteiger partial charge in [0.2, 0.25) is 0 Å². The minimum atomic E-state index is -0.290. The van der Waals surface area contributed by atoms with Gasteiger partial charge in [-0.25, -0.2) is 10.4 Å². The first-order valence-electron chi connectivity index (χ1n) is 10.8. The van der Waals surface area contributed by atoms with Gasteiger partial charge in [-0.3, -0.25) is 4.79 Å². The Balaban J connectivity index is 0.00000420. The van der Waals surface area contributed by atoms with Crippen LogP contribution in [0.25, 0.3) is 0 Å². The predicted octanol–water partition coefficient (Wildman–Crippen LogP) is 1.47. The Morgan fingerprint density at radius 1 is 1.00 bits per heavy atom. The Morgan fingerprint density at radius 3 is 2.07 bits per heavy atom. The second kappa shape index (κ2) is 15.4. The summed E-state index contributed by atoms with van der Waals surface area (Å²) in [5, 5.41) is 12.4. The molecule has 0 aromatic heterocycles. The predicted molar refractivity (Wildman–Crippen MR) is 112 cm³/mol. The fourth-order valence-corrected chi connectivity index (χ4v) is 3.45. The van der Waals surface area contributed by atoms with E-state index in [1.807, 2.05) is 24.3 Å². The van der Waals surface area contributed by atoms with E-state index in [-0.39, 0.29) is 68.9 Å². The van der Waals surface area contributed by atoms with Crippen molar-refractivity contribution in [3.05, 3.63) is 36.1 Å². The molecule has 1 saturated heterocycles. The third kappa shape index (κ3) is 9.11. The molecule has 1 unspecified atom stereocenters. The first kappa shape index (κ1) is 26.7. The summed E-state index contributed by atoms with van der Waals surface area (Å²) in [5.74, 6) is 0.514. The zero-order valence-corrected chi connectivity index (χ0v) is 21.5. The summed E-state index contributed by atoms with van der Waals surface area (Å²) in [6, 6.07) is 7.13. The zero-order chi connectivity index (χ0) is 20.2. The van der Waals surface area contributed by atoms with Gasteiger partial charge in [0, 0.05) is 5.57 Å². The van der Waals surface area contributed by atoms with Crippen LogP contribution in [0.1, 0.15) is 78.1 Å². The Bertz CT molecular complexity index is 619. The average Bonchev–Trinajstić information content (AvgIpc) is 3.00. The third-order valence-corrected chi connectivity index (χ3v) is 5.23. The molecule has 6 heteroatoms. The van der Waals surface area contributed by atoms with Gasteiger partial charge >= 0.3 is 51.4 Å². The van der Waals surface area contributed by atoms with E-state index in [0.717, 1.165) is 18.8 Å². The van der Waals surface area contributed by atoms with Gasteiger partial charge in [0.25, 0.3) is 5.91 Å². The van der Waals surface area contributed by atoms with E-state index < -0.39 is 0 Å². The summed E-state index contributed by atoms with van der Waals surface area (Å²) in [6.07, 6.45) is 13.7. The Hall–Kier alpha value is -0.374. The molecular formula is C23H35KN2O3. The third-order valence-electron chi connectivity index (χ3n) is 5.23. The largest absolute Gasteiger partial charge is 1.00 e. The average molecular weight is 427 g/mol. The number of anilines is 1. The van der Waals surface area contributed by atoms with Crippen LogP contribution in [0.5, 0.6) is 5.75 Å². The minimum Gasteiger partial charge on any atom is -0.878 e. The molecule has 2 rings (SSSR count). The molecule has 1 aliphatic rings. The van der Waals surface area contributed by atoms with Gasteiger partial charge in [-0.15, -0.1) is 6.26 Å². The second-order valence-electron chi connectivity index (χ2n) is 7.59. The van der Waals surface area contributed by atoms with Crippen molar-refractivity contribution in [3.8, 4) is 5.75 Å². The number of hydrogen-bond donors (Lipinski definition) is 1. The number of hydrogen-bond acceptors (Lipinski definition) is 4. The summed E-state index contributed by atoms with van der Waals surface area (Å²) in [6.45, 7) is 4.77. The Labute approximate surface area is 218 Å². The van der Waals surface area contributed by atoms with E-state index in [4.69, 9.17) is 4.74 Å². The molecule has 1 aliphatic heterocycles. The maximum Gasteiger partial charge on any atom is 1.00 e. The maximum absolute atomic E-state index is 12.2. The van der Waals surface area contributed by atoms with Crippen molar-refractivity contribution in [2.75, 3.05) is 11.6 Å². The van der Waals surface area contributed by atoms with E-state index in [0.29, 0.717) is 11.9 Å². The first-order valence-corrected chi connectivity index (χ1v) is 10.8. The van der Waals surface area contributed by atoms with Crippen molar-refractivity contribution in [3.63, 3.8) is 0 Å². The van der Waals surface area contributed by atoms with Crippen LogP contribution in [0.15, 0.2) is 36.1 Å². The van der Waals surface area contributed by atoms with Crippen molar-refractivity contribution in [1.29, 1.82) is 0 Å². The van der Waals surface area contributed by atoms with Gasteiger partial charge in [-0.1, -0.05) is 64.7 Å². The number of carbonyl (C=O) groups is 1. The number of nitrogens with zero attached hydrogens (tertiary/aromatic N) is 1. The molecule has 0 aliphatic carbocycles. The van der Waals surface area contributed by atoms with E-state index in [1.165, 1.54) is 62.8 Å². The van der Waals surface area contributed by atoms with Gasteiger partial charge in [-0.2, -0.15) is 0 Å². The topological polar surface area (TPSA) is 64.6 Å². The molecule has 5 nitrogen and oxygen atoms in total. The van der Waals surface area contributed by atoms with Crippen LogP contribution in [-0.4, -0.2) is 18.6 Å². The smallest absolute Gasteiger partial charge is 0.878 e. The molecular weight excluding hydrogens is 391 g/mol. The van der Waals surface area contributed by atoms with Gasteiger partial charge in [-0.05, 0) is 37.6 Å².